The van der Waals surface area contributed by atoms with Crippen LogP contribution in [0.5, 0.6) is 11.5 Å². The van der Waals surface area contributed by atoms with Crippen molar-refractivity contribution in [3.63, 3.8) is 0 Å². The summed E-state index contributed by atoms with van der Waals surface area (Å²) >= 11 is 0. The molecule has 1 unspecified atom stereocenters. The van der Waals surface area contributed by atoms with Crippen molar-refractivity contribution in [2.45, 2.75) is 38.7 Å². The summed E-state index contributed by atoms with van der Waals surface area (Å²) in [6.07, 6.45) is 1.97. The molecule has 0 fully saturated rings. The van der Waals surface area contributed by atoms with Crippen LogP contribution >= 0.6 is 0 Å². The number of benzene rings is 2. The highest BCUT2D eigenvalue weighted by Crippen LogP contribution is 2.45. The average Bonchev–Trinajstić information content (AvgIpc) is 2.82. The number of ether oxygens (including phenoxy) is 3. The average molecular weight is 434 g/mol. The number of hydrogen-bond donors (Lipinski definition) is 0. The van der Waals surface area contributed by atoms with Gasteiger partial charge in [0.2, 0.25) is 0 Å². The Morgan fingerprint density at radius 3 is 2.50 bits per heavy atom. The van der Waals surface area contributed by atoms with Crippen LogP contribution in [0, 0.1) is 5.92 Å². The van der Waals surface area contributed by atoms with Gasteiger partial charge in [-0.25, -0.2) is 0 Å². The number of aliphatic imine (C=N–C) groups is 1. The van der Waals surface area contributed by atoms with Crippen molar-refractivity contribution in [2.75, 3.05) is 14.2 Å². The van der Waals surface area contributed by atoms with Gasteiger partial charge in [0.15, 0.2) is 17.3 Å². The Hall–Kier alpha value is -3.41. The number of carbonyl (C=O) groups excluding carboxylic acids is 2. The molecule has 0 saturated heterocycles. The molecule has 0 aromatic heterocycles. The number of Topliss-reactive ketones (excluding diaryl/α,β-unsaturated/α-hetero) is 1. The summed E-state index contributed by atoms with van der Waals surface area (Å²) in [5.41, 5.74) is 3.78. The van der Waals surface area contributed by atoms with E-state index in [1.807, 2.05) is 49.4 Å². The highest BCUT2D eigenvalue weighted by atomic mass is 16.5. The Balaban J connectivity index is 1.74. The van der Waals surface area contributed by atoms with E-state index in [1.54, 1.807) is 20.3 Å². The first-order valence-corrected chi connectivity index (χ1v) is 10.8. The molecule has 4 rings (SSSR count). The molecule has 1 aliphatic carbocycles. The van der Waals surface area contributed by atoms with Crippen molar-refractivity contribution in [3.05, 3.63) is 70.9 Å². The third kappa shape index (κ3) is 4.17. The fourth-order valence-corrected chi connectivity index (χ4v) is 4.54. The summed E-state index contributed by atoms with van der Waals surface area (Å²) < 4.78 is 16.6. The number of allylic oxidation sites excluding steroid dienone is 2. The fraction of sp³-hybridized carbons (Fsp3) is 0.346. The van der Waals surface area contributed by atoms with Crippen molar-refractivity contribution in [2.24, 2.45) is 10.9 Å². The molecule has 6 nitrogen and oxygen atoms in total. The van der Waals surface area contributed by atoms with Crippen molar-refractivity contribution in [1.82, 2.24) is 0 Å². The standard InChI is InChI=1S/C26H27NO5/c1-16-23(26(29)32-15-17-8-5-4-6-9-17)24(25-19(27-16)10-7-11-20(25)28)18-12-13-21(30-2)22(14-18)31-3/h4-6,8-9,12-14,23-24H,7,10-11,15H2,1-3H3/t23?,24-/m0/s1. The van der Waals surface area contributed by atoms with Gasteiger partial charge in [0, 0.05) is 29.3 Å². The first-order valence-electron chi connectivity index (χ1n) is 10.8. The molecule has 166 valence electrons. The molecule has 2 aromatic carbocycles. The highest BCUT2D eigenvalue weighted by molar-refractivity contribution is 6.08. The first kappa shape index (κ1) is 21.8. The van der Waals surface area contributed by atoms with Crippen LogP contribution in [-0.2, 0) is 20.9 Å². The smallest absolute Gasteiger partial charge is 0.315 e. The lowest BCUT2D eigenvalue weighted by Crippen LogP contribution is -2.37. The van der Waals surface area contributed by atoms with Crippen molar-refractivity contribution < 1.29 is 23.8 Å². The maximum atomic E-state index is 13.3. The number of nitrogens with zero attached hydrogens (tertiary/aromatic N) is 1. The summed E-state index contributed by atoms with van der Waals surface area (Å²) in [6.45, 7) is 2.01. The van der Waals surface area contributed by atoms with Crippen LogP contribution in [0.25, 0.3) is 0 Å². The van der Waals surface area contributed by atoms with Gasteiger partial charge in [0.25, 0.3) is 0 Å². The third-order valence-corrected chi connectivity index (χ3v) is 6.08. The van der Waals surface area contributed by atoms with Gasteiger partial charge >= 0.3 is 5.97 Å². The minimum Gasteiger partial charge on any atom is -0.493 e. The van der Waals surface area contributed by atoms with Gasteiger partial charge in [-0.2, -0.15) is 0 Å². The minimum absolute atomic E-state index is 0.0446. The molecule has 0 N–H and O–H groups in total. The number of rotatable bonds is 6. The van der Waals surface area contributed by atoms with E-state index in [0.717, 1.165) is 29.7 Å². The molecular formula is C26H27NO5. The quantitative estimate of drug-likeness (QED) is 0.621. The second-order valence-electron chi connectivity index (χ2n) is 8.05. The molecule has 0 spiro atoms. The molecule has 0 amide bonds. The molecule has 32 heavy (non-hydrogen) atoms. The number of carbonyl (C=O) groups is 2. The van der Waals surface area contributed by atoms with Gasteiger partial charge in [0.05, 0.1) is 14.2 Å². The maximum Gasteiger partial charge on any atom is 0.315 e. The van der Waals surface area contributed by atoms with Gasteiger partial charge in [0.1, 0.15) is 12.5 Å². The molecule has 2 aromatic rings. The predicted molar refractivity (Wildman–Crippen MR) is 121 cm³/mol. The second kappa shape index (κ2) is 9.39. The van der Waals surface area contributed by atoms with Crippen LogP contribution < -0.4 is 9.47 Å². The Morgan fingerprint density at radius 1 is 1.03 bits per heavy atom. The fourth-order valence-electron chi connectivity index (χ4n) is 4.54. The molecule has 0 radical (unpaired) electrons. The lowest BCUT2D eigenvalue weighted by atomic mass is 9.71. The van der Waals surface area contributed by atoms with Gasteiger partial charge in [-0.15, -0.1) is 0 Å². The lowest BCUT2D eigenvalue weighted by molar-refractivity contribution is -0.148. The summed E-state index contributed by atoms with van der Waals surface area (Å²) in [7, 11) is 3.14. The summed E-state index contributed by atoms with van der Waals surface area (Å²) in [4.78, 5) is 31.0. The van der Waals surface area contributed by atoms with Gasteiger partial charge in [-0.05, 0) is 43.0 Å². The van der Waals surface area contributed by atoms with Crippen LogP contribution in [0.4, 0.5) is 0 Å². The molecule has 0 saturated carbocycles. The molecule has 1 aliphatic heterocycles. The zero-order valence-corrected chi connectivity index (χ0v) is 18.6. The monoisotopic (exact) mass is 433 g/mol. The predicted octanol–water partition coefficient (Wildman–Crippen LogP) is 4.63. The van der Waals surface area contributed by atoms with Gasteiger partial charge < -0.3 is 14.2 Å². The van der Waals surface area contributed by atoms with Crippen molar-refractivity contribution in [3.8, 4) is 11.5 Å². The Morgan fingerprint density at radius 2 is 1.78 bits per heavy atom. The summed E-state index contributed by atoms with van der Waals surface area (Å²) in [5.74, 6) is -0.365. The normalized spacial score (nSPS) is 20.3. The Labute approximate surface area is 187 Å². The van der Waals surface area contributed by atoms with E-state index in [-0.39, 0.29) is 18.4 Å². The number of ketones is 1. The van der Waals surface area contributed by atoms with Crippen LogP contribution in [-0.4, -0.2) is 31.7 Å². The second-order valence-corrected chi connectivity index (χ2v) is 8.05. The van der Waals surface area contributed by atoms with E-state index < -0.39 is 11.8 Å². The summed E-state index contributed by atoms with van der Waals surface area (Å²) in [5, 5.41) is 0. The molecule has 0 bridgehead atoms. The molecule has 6 heteroatoms. The highest BCUT2D eigenvalue weighted by Gasteiger charge is 2.43. The largest absolute Gasteiger partial charge is 0.493 e. The Bertz CT molecular complexity index is 1090. The number of methoxy groups -OCH3 is 2. The maximum absolute atomic E-state index is 13.3. The van der Waals surface area contributed by atoms with E-state index in [1.165, 1.54) is 0 Å². The van der Waals surface area contributed by atoms with E-state index in [2.05, 4.69) is 4.99 Å². The molecule has 1 heterocycles. The van der Waals surface area contributed by atoms with Crippen LogP contribution in [0.2, 0.25) is 0 Å². The first-order chi connectivity index (χ1) is 15.5. The molecule has 2 aliphatic rings. The molecular weight excluding hydrogens is 406 g/mol. The van der Waals surface area contributed by atoms with E-state index in [9.17, 15) is 9.59 Å². The van der Waals surface area contributed by atoms with E-state index in [0.29, 0.717) is 29.2 Å². The Kier molecular flexibility index (Phi) is 6.40. The van der Waals surface area contributed by atoms with Crippen molar-refractivity contribution in [1.29, 1.82) is 0 Å². The van der Waals surface area contributed by atoms with Crippen LogP contribution in [0.1, 0.15) is 43.2 Å². The SMILES string of the molecule is COc1ccc([C@@H]2C3=C(CCCC3=O)N=C(C)C2C(=O)OCc2ccccc2)cc1OC. The summed E-state index contributed by atoms with van der Waals surface area (Å²) in [6, 6.07) is 15.1. The molecule has 2 atom stereocenters. The van der Waals surface area contributed by atoms with Crippen molar-refractivity contribution >= 4 is 17.5 Å². The number of hydrogen-bond acceptors (Lipinski definition) is 6. The lowest BCUT2D eigenvalue weighted by Gasteiger charge is -2.34. The van der Waals surface area contributed by atoms with E-state index >= 15 is 0 Å². The van der Waals surface area contributed by atoms with E-state index in [4.69, 9.17) is 14.2 Å². The van der Waals surface area contributed by atoms with Crippen LogP contribution in [0.15, 0.2) is 64.8 Å². The topological polar surface area (TPSA) is 74.2 Å². The minimum atomic E-state index is -0.683. The third-order valence-electron chi connectivity index (χ3n) is 6.08. The van der Waals surface area contributed by atoms with Crippen LogP contribution in [0.3, 0.4) is 0 Å². The zero-order valence-electron chi connectivity index (χ0n) is 18.6. The number of esters is 1. The van der Waals surface area contributed by atoms with Gasteiger partial charge in [-0.1, -0.05) is 36.4 Å². The van der Waals surface area contributed by atoms with Gasteiger partial charge in [-0.3, -0.25) is 14.6 Å². The zero-order chi connectivity index (χ0) is 22.7.